The van der Waals surface area contributed by atoms with Gasteiger partial charge >= 0.3 is 0 Å². The van der Waals surface area contributed by atoms with Crippen molar-refractivity contribution in [2.24, 2.45) is 0 Å². The molecule has 3 heterocycles. The number of nitrogens with one attached hydrogen (secondary N) is 1. The van der Waals surface area contributed by atoms with Crippen LogP contribution in [0.15, 0.2) is 77.6 Å². The van der Waals surface area contributed by atoms with Crippen LogP contribution in [-0.2, 0) is 0 Å². The molecule has 0 amide bonds. The predicted octanol–water partition coefficient (Wildman–Crippen LogP) is 5.14. The largest absolute Gasteiger partial charge is 0.361 e. The van der Waals surface area contributed by atoms with Gasteiger partial charge in [-0.3, -0.25) is 19.1 Å². The van der Waals surface area contributed by atoms with Gasteiger partial charge in [0, 0.05) is 29.6 Å². The average Bonchev–Trinajstić information content (AvgIpc) is 3.15. The molecule has 1 aliphatic rings. The fourth-order valence-corrected chi connectivity index (χ4v) is 5.56. The third-order valence-corrected chi connectivity index (χ3v) is 7.16. The molecule has 32 heavy (non-hydrogen) atoms. The first-order valence-electron chi connectivity index (χ1n) is 10.9. The van der Waals surface area contributed by atoms with Gasteiger partial charge in [-0.1, -0.05) is 59.9 Å². The van der Waals surface area contributed by atoms with Crippen molar-refractivity contribution in [2.45, 2.75) is 32.5 Å². The van der Waals surface area contributed by atoms with Crippen LogP contribution >= 0.6 is 11.3 Å². The fraction of sp³-hybridized carbons (Fsp3) is 0.231. The Labute approximate surface area is 190 Å². The van der Waals surface area contributed by atoms with E-state index in [0.29, 0.717) is 17.2 Å². The molecule has 0 bridgehead atoms. The molecule has 1 saturated heterocycles. The van der Waals surface area contributed by atoms with Gasteiger partial charge in [-0.25, -0.2) is 0 Å². The quantitative estimate of drug-likeness (QED) is 0.420. The van der Waals surface area contributed by atoms with Gasteiger partial charge in [-0.15, -0.1) is 0 Å². The van der Waals surface area contributed by atoms with Gasteiger partial charge in [0.05, 0.1) is 17.4 Å². The summed E-state index contributed by atoms with van der Waals surface area (Å²) in [5.41, 5.74) is 1.96. The Kier molecular flexibility index (Phi) is 5.41. The highest BCUT2D eigenvalue weighted by molar-refractivity contribution is 7.23. The minimum Gasteiger partial charge on any atom is -0.361 e. The zero-order valence-electron chi connectivity index (χ0n) is 18.1. The molecule has 5 rings (SSSR count). The molecule has 0 saturated carbocycles. The number of ketones is 1. The van der Waals surface area contributed by atoms with Crippen molar-refractivity contribution < 1.29 is 4.79 Å². The number of benzene rings is 2. The normalized spacial score (nSPS) is 16.3. The first-order valence-corrected chi connectivity index (χ1v) is 11.7. The topological polar surface area (TPSA) is 54.3 Å². The number of anilines is 1. The standard InChI is InChI=1S/C26H25N3O2S/c1-17(2)28-16-15-21(28)27-25-23(24(31)18-9-5-3-6-10-18)20-13-14-22(30)29(26(20)32-25)19-11-7-4-8-12-19/h3-14,17,21,27H,15-16H2,1-2H3. The first kappa shape index (κ1) is 20.7. The van der Waals surface area contributed by atoms with Crippen molar-refractivity contribution in [3.8, 4) is 5.69 Å². The summed E-state index contributed by atoms with van der Waals surface area (Å²) in [6.07, 6.45) is 1.21. The summed E-state index contributed by atoms with van der Waals surface area (Å²) in [6, 6.07) is 22.7. The lowest BCUT2D eigenvalue weighted by molar-refractivity contribution is 0.0754. The third kappa shape index (κ3) is 3.55. The Morgan fingerprint density at radius 2 is 1.69 bits per heavy atom. The Bertz CT molecular complexity index is 1330. The maximum absolute atomic E-state index is 13.6. The Balaban J connectivity index is 1.70. The molecule has 162 valence electrons. The summed E-state index contributed by atoms with van der Waals surface area (Å²) in [4.78, 5) is 29.7. The third-order valence-electron chi connectivity index (χ3n) is 6.04. The summed E-state index contributed by atoms with van der Waals surface area (Å²) in [6.45, 7) is 5.40. The molecule has 5 nitrogen and oxygen atoms in total. The van der Waals surface area contributed by atoms with Crippen LogP contribution in [-0.4, -0.2) is 34.0 Å². The summed E-state index contributed by atoms with van der Waals surface area (Å²) in [5, 5.41) is 5.24. The number of rotatable bonds is 6. The van der Waals surface area contributed by atoms with E-state index >= 15 is 0 Å². The van der Waals surface area contributed by atoms with Crippen molar-refractivity contribution >= 4 is 32.3 Å². The fourth-order valence-electron chi connectivity index (χ4n) is 4.30. The zero-order valence-corrected chi connectivity index (χ0v) is 18.9. The summed E-state index contributed by atoms with van der Waals surface area (Å²) >= 11 is 1.48. The van der Waals surface area contributed by atoms with E-state index in [0.717, 1.165) is 33.9 Å². The number of hydrogen-bond acceptors (Lipinski definition) is 5. The van der Waals surface area contributed by atoms with E-state index in [1.165, 1.54) is 11.3 Å². The van der Waals surface area contributed by atoms with Crippen molar-refractivity contribution in [1.82, 2.24) is 9.47 Å². The van der Waals surface area contributed by atoms with Crippen LogP contribution in [0.4, 0.5) is 5.00 Å². The number of likely N-dealkylation sites (tertiary alicyclic amines) is 1. The van der Waals surface area contributed by atoms with Gasteiger partial charge in [0.15, 0.2) is 5.78 Å². The van der Waals surface area contributed by atoms with E-state index in [4.69, 9.17) is 0 Å². The molecule has 1 fully saturated rings. The number of carbonyl (C=O) groups is 1. The molecular formula is C26H25N3O2S. The molecule has 1 unspecified atom stereocenters. The van der Waals surface area contributed by atoms with E-state index < -0.39 is 0 Å². The van der Waals surface area contributed by atoms with Crippen molar-refractivity contribution in [3.05, 3.63) is 94.3 Å². The summed E-state index contributed by atoms with van der Waals surface area (Å²) in [7, 11) is 0. The monoisotopic (exact) mass is 443 g/mol. The summed E-state index contributed by atoms with van der Waals surface area (Å²) in [5.74, 6) is -0.0342. The second-order valence-corrected chi connectivity index (χ2v) is 9.34. The zero-order chi connectivity index (χ0) is 22.2. The van der Waals surface area contributed by atoms with E-state index in [2.05, 4.69) is 24.1 Å². The second kappa shape index (κ2) is 8.37. The minimum absolute atomic E-state index is 0.0342. The maximum atomic E-state index is 13.6. The van der Waals surface area contributed by atoms with E-state index in [-0.39, 0.29) is 17.5 Å². The lowest BCUT2D eigenvalue weighted by Crippen LogP contribution is -2.55. The lowest BCUT2D eigenvalue weighted by Gasteiger charge is -2.44. The lowest BCUT2D eigenvalue weighted by atomic mass is 10.0. The highest BCUT2D eigenvalue weighted by Gasteiger charge is 2.32. The number of fused-ring (bicyclic) bond motifs is 1. The Morgan fingerprint density at radius 1 is 1.00 bits per heavy atom. The van der Waals surface area contributed by atoms with Crippen LogP contribution in [0.25, 0.3) is 15.9 Å². The number of nitrogens with zero attached hydrogens (tertiary/aromatic N) is 2. The minimum atomic E-state index is -0.109. The average molecular weight is 444 g/mol. The first-order chi connectivity index (χ1) is 15.5. The number of carbonyl (C=O) groups excluding carboxylic acids is 1. The molecule has 1 aliphatic heterocycles. The van der Waals surface area contributed by atoms with Gasteiger partial charge in [0.2, 0.25) is 0 Å². The molecule has 0 spiro atoms. The molecule has 4 aromatic rings. The second-order valence-electron chi connectivity index (χ2n) is 8.34. The maximum Gasteiger partial charge on any atom is 0.256 e. The van der Waals surface area contributed by atoms with Gasteiger partial charge < -0.3 is 5.32 Å². The van der Waals surface area contributed by atoms with Crippen molar-refractivity contribution in [1.29, 1.82) is 0 Å². The van der Waals surface area contributed by atoms with Gasteiger partial charge in [-0.2, -0.15) is 0 Å². The van der Waals surface area contributed by atoms with E-state index in [1.54, 1.807) is 16.7 Å². The number of para-hydroxylation sites is 1. The highest BCUT2D eigenvalue weighted by Crippen LogP contribution is 2.39. The molecule has 6 heteroatoms. The number of aromatic nitrogens is 1. The van der Waals surface area contributed by atoms with Gasteiger partial charge in [0.25, 0.3) is 5.56 Å². The van der Waals surface area contributed by atoms with E-state index in [9.17, 15) is 9.59 Å². The van der Waals surface area contributed by atoms with Gasteiger partial charge in [-0.05, 0) is 38.5 Å². The van der Waals surface area contributed by atoms with Crippen LogP contribution in [0.3, 0.4) is 0 Å². The van der Waals surface area contributed by atoms with Crippen LogP contribution in [0.1, 0.15) is 36.2 Å². The number of hydrogen-bond donors (Lipinski definition) is 1. The van der Waals surface area contributed by atoms with Crippen LogP contribution in [0, 0.1) is 0 Å². The molecule has 2 aromatic carbocycles. The SMILES string of the molecule is CC(C)N1CCC1Nc1sc2c(ccc(=O)n2-c2ccccc2)c1C(=O)c1ccccc1. The molecule has 0 radical (unpaired) electrons. The Hall–Kier alpha value is -3.22. The summed E-state index contributed by atoms with van der Waals surface area (Å²) < 4.78 is 1.70. The van der Waals surface area contributed by atoms with Crippen LogP contribution in [0.5, 0.6) is 0 Å². The van der Waals surface area contributed by atoms with Gasteiger partial charge in [0.1, 0.15) is 9.83 Å². The highest BCUT2D eigenvalue weighted by atomic mass is 32.1. The van der Waals surface area contributed by atoms with Crippen molar-refractivity contribution in [2.75, 3.05) is 11.9 Å². The molecule has 0 aliphatic carbocycles. The molecule has 2 aromatic heterocycles. The van der Waals surface area contributed by atoms with Crippen LogP contribution in [0.2, 0.25) is 0 Å². The smallest absolute Gasteiger partial charge is 0.256 e. The van der Waals surface area contributed by atoms with Crippen LogP contribution < -0.4 is 10.9 Å². The number of thiophene rings is 1. The molecule has 1 atom stereocenters. The van der Waals surface area contributed by atoms with Crippen molar-refractivity contribution in [3.63, 3.8) is 0 Å². The van der Waals surface area contributed by atoms with E-state index in [1.807, 2.05) is 60.7 Å². The number of pyridine rings is 1. The molecule has 1 N–H and O–H groups in total. The predicted molar refractivity (Wildman–Crippen MR) is 131 cm³/mol. The molecular weight excluding hydrogens is 418 g/mol. The Morgan fingerprint density at radius 3 is 2.31 bits per heavy atom.